The maximum atomic E-state index is 12.4. The third-order valence-corrected chi connectivity index (χ3v) is 5.44. The highest BCUT2D eigenvalue weighted by Gasteiger charge is 2.20. The third-order valence-electron chi connectivity index (χ3n) is 4.46. The lowest BCUT2D eigenvalue weighted by Gasteiger charge is -2.21. The Morgan fingerprint density at radius 3 is 2.68 bits per heavy atom. The fourth-order valence-electron chi connectivity index (χ4n) is 3.10. The molecule has 1 N–H and O–H groups in total. The normalized spacial score (nSPS) is 12.4. The van der Waals surface area contributed by atoms with Crippen molar-refractivity contribution >= 4 is 29.3 Å². The highest BCUT2D eigenvalue weighted by atomic mass is 32.2. The number of hydrogen-bond acceptors (Lipinski definition) is 8. The predicted molar refractivity (Wildman–Crippen MR) is 117 cm³/mol. The van der Waals surface area contributed by atoms with Gasteiger partial charge >= 0.3 is 5.97 Å². The Morgan fingerprint density at radius 2 is 1.94 bits per heavy atom. The summed E-state index contributed by atoms with van der Waals surface area (Å²) < 4.78 is 26.5. The van der Waals surface area contributed by atoms with Crippen molar-refractivity contribution in [2.75, 3.05) is 38.7 Å². The fourth-order valence-corrected chi connectivity index (χ4v) is 3.90. The van der Waals surface area contributed by atoms with Crippen LogP contribution in [0.25, 0.3) is 0 Å². The number of carbonyl (C=O) groups excluding carboxylic acids is 2. The molecular formula is C22H25NO7S. The zero-order valence-electron chi connectivity index (χ0n) is 17.7. The van der Waals surface area contributed by atoms with Crippen LogP contribution in [0.4, 0.5) is 5.69 Å². The lowest BCUT2D eigenvalue weighted by molar-refractivity contribution is -0.113. The smallest absolute Gasteiger partial charge is 0.338 e. The van der Waals surface area contributed by atoms with Gasteiger partial charge in [0.15, 0.2) is 18.3 Å². The van der Waals surface area contributed by atoms with Crippen molar-refractivity contribution in [2.45, 2.75) is 19.3 Å². The lowest BCUT2D eigenvalue weighted by Crippen LogP contribution is -2.16. The minimum Gasteiger partial charge on any atom is -0.493 e. The first-order valence-electron chi connectivity index (χ1n) is 9.68. The van der Waals surface area contributed by atoms with Gasteiger partial charge in [-0.1, -0.05) is 0 Å². The van der Waals surface area contributed by atoms with E-state index in [1.807, 2.05) is 0 Å². The number of anilines is 1. The van der Waals surface area contributed by atoms with E-state index >= 15 is 0 Å². The molecule has 0 saturated heterocycles. The molecule has 3 rings (SSSR count). The number of hydrogen-bond donors (Lipinski definition) is 1. The Morgan fingerprint density at radius 1 is 1.13 bits per heavy atom. The van der Waals surface area contributed by atoms with Crippen LogP contribution in [0.15, 0.2) is 30.3 Å². The predicted octanol–water partition coefficient (Wildman–Crippen LogP) is 3.62. The summed E-state index contributed by atoms with van der Waals surface area (Å²) in [4.78, 5) is 24.5. The van der Waals surface area contributed by atoms with Crippen molar-refractivity contribution in [1.29, 1.82) is 0 Å². The third kappa shape index (κ3) is 5.83. The SMILES string of the molecule is CCOC(=O)c1cc2c(c(CSCC(=O)Nc3ccc(OC)c(OC)c3)c1)OCOC2. The van der Waals surface area contributed by atoms with Crippen LogP contribution in [0.3, 0.4) is 0 Å². The van der Waals surface area contributed by atoms with Gasteiger partial charge in [0.05, 0.1) is 38.7 Å². The summed E-state index contributed by atoms with van der Waals surface area (Å²) >= 11 is 1.42. The van der Waals surface area contributed by atoms with Gasteiger partial charge in [0.25, 0.3) is 0 Å². The summed E-state index contributed by atoms with van der Waals surface area (Å²) in [5.74, 6) is 2.00. The molecule has 1 heterocycles. The van der Waals surface area contributed by atoms with E-state index in [9.17, 15) is 9.59 Å². The molecule has 0 bridgehead atoms. The largest absolute Gasteiger partial charge is 0.493 e. The second-order valence-electron chi connectivity index (χ2n) is 6.57. The van der Waals surface area contributed by atoms with E-state index in [0.29, 0.717) is 47.5 Å². The number of carbonyl (C=O) groups is 2. The van der Waals surface area contributed by atoms with E-state index in [-0.39, 0.29) is 18.5 Å². The van der Waals surface area contributed by atoms with Gasteiger partial charge in [-0.15, -0.1) is 11.8 Å². The van der Waals surface area contributed by atoms with Crippen molar-refractivity contribution in [2.24, 2.45) is 0 Å². The van der Waals surface area contributed by atoms with E-state index in [1.54, 1.807) is 44.4 Å². The molecule has 1 aliphatic rings. The summed E-state index contributed by atoms with van der Waals surface area (Å²) in [5.41, 5.74) is 2.68. The molecule has 0 aromatic heterocycles. The second-order valence-corrected chi connectivity index (χ2v) is 7.55. The molecular weight excluding hydrogens is 422 g/mol. The summed E-state index contributed by atoms with van der Waals surface area (Å²) in [5, 5.41) is 2.84. The minimum absolute atomic E-state index is 0.156. The Labute approximate surface area is 185 Å². The zero-order chi connectivity index (χ0) is 22.2. The van der Waals surface area contributed by atoms with Crippen molar-refractivity contribution in [3.63, 3.8) is 0 Å². The van der Waals surface area contributed by atoms with Gasteiger partial charge in [0, 0.05) is 28.6 Å². The van der Waals surface area contributed by atoms with Gasteiger partial charge in [0.1, 0.15) is 5.75 Å². The first-order valence-corrected chi connectivity index (χ1v) is 10.8. The highest BCUT2D eigenvalue weighted by Crippen LogP contribution is 2.33. The van der Waals surface area contributed by atoms with Gasteiger partial charge in [-0.2, -0.15) is 0 Å². The van der Waals surface area contributed by atoms with E-state index in [0.717, 1.165) is 11.1 Å². The van der Waals surface area contributed by atoms with Gasteiger partial charge in [-0.05, 0) is 31.2 Å². The molecule has 8 nitrogen and oxygen atoms in total. The van der Waals surface area contributed by atoms with Gasteiger partial charge < -0.3 is 29.0 Å². The monoisotopic (exact) mass is 447 g/mol. The first-order chi connectivity index (χ1) is 15.0. The van der Waals surface area contributed by atoms with Gasteiger partial charge in [-0.25, -0.2) is 4.79 Å². The number of ether oxygens (including phenoxy) is 5. The van der Waals surface area contributed by atoms with Crippen LogP contribution in [0.5, 0.6) is 17.2 Å². The highest BCUT2D eigenvalue weighted by molar-refractivity contribution is 7.99. The van der Waals surface area contributed by atoms with Crippen molar-refractivity contribution in [3.8, 4) is 17.2 Å². The Hall–Kier alpha value is -2.91. The molecule has 0 spiro atoms. The van der Waals surface area contributed by atoms with Gasteiger partial charge in [-0.3, -0.25) is 4.79 Å². The van der Waals surface area contributed by atoms with Gasteiger partial charge in [0.2, 0.25) is 5.91 Å². The van der Waals surface area contributed by atoms with Crippen molar-refractivity contribution in [1.82, 2.24) is 0 Å². The van der Waals surface area contributed by atoms with Crippen molar-refractivity contribution < 1.29 is 33.3 Å². The zero-order valence-corrected chi connectivity index (χ0v) is 18.5. The molecule has 0 saturated carbocycles. The summed E-state index contributed by atoms with van der Waals surface area (Å²) in [6.07, 6.45) is 0. The Bertz CT molecular complexity index is 948. The molecule has 2 aromatic carbocycles. The van der Waals surface area contributed by atoms with Crippen LogP contribution in [-0.2, 0) is 26.6 Å². The molecule has 0 unspecified atom stereocenters. The molecule has 0 radical (unpaired) electrons. The average Bonchev–Trinajstić information content (AvgIpc) is 2.78. The molecule has 1 aliphatic heterocycles. The average molecular weight is 448 g/mol. The molecule has 0 aliphatic carbocycles. The second kappa shape index (κ2) is 10.9. The topological polar surface area (TPSA) is 92.3 Å². The molecule has 0 atom stereocenters. The van der Waals surface area contributed by atoms with E-state index < -0.39 is 5.97 Å². The minimum atomic E-state index is -0.395. The molecule has 9 heteroatoms. The first kappa shape index (κ1) is 22.8. The number of esters is 1. The molecule has 31 heavy (non-hydrogen) atoms. The number of methoxy groups -OCH3 is 2. The molecule has 2 aromatic rings. The van der Waals surface area contributed by atoms with Crippen LogP contribution >= 0.6 is 11.8 Å². The lowest BCUT2D eigenvalue weighted by atomic mass is 10.0. The van der Waals surface area contributed by atoms with Crippen LogP contribution < -0.4 is 19.5 Å². The van der Waals surface area contributed by atoms with Crippen LogP contribution in [0.2, 0.25) is 0 Å². The summed E-state index contributed by atoms with van der Waals surface area (Å²) in [7, 11) is 3.09. The molecule has 1 amide bonds. The maximum Gasteiger partial charge on any atom is 0.338 e. The summed E-state index contributed by atoms with van der Waals surface area (Å²) in [6.45, 7) is 2.57. The summed E-state index contributed by atoms with van der Waals surface area (Å²) in [6, 6.07) is 8.66. The Balaban J connectivity index is 1.63. The number of amides is 1. The van der Waals surface area contributed by atoms with E-state index in [1.165, 1.54) is 18.9 Å². The standard InChI is InChI=1S/C22H25NO7S/c1-4-29-22(25)14-7-15-10-28-13-30-21(15)16(8-14)11-31-12-20(24)23-17-5-6-18(26-2)19(9-17)27-3/h5-9H,4,10-13H2,1-3H3,(H,23,24). The quantitative estimate of drug-likeness (QED) is 0.583. The Kier molecular flexibility index (Phi) is 8.02. The fraction of sp³-hybridized carbons (Fsp3) is 0.364. The maximum absolute atomic E-state index is 12.4. The molecule has 166 valence electrons. The molecule has 0 fully saturated rings. The van der Waals surface area contributed by atoms with E-state index in [4.69, 9.17) is 23.7 Å². The van der Waals surface area contributed by atoms with Crippen LogP contribution in [-0.4, -0.2) is 45.2 Å². The van der Waals surface area contributed by atoms with E-state index in [2.05, 4.69) is 5.32 Å². The van der Waals surface area contributed by atoms with Crippen molar-refractivity contribution in [3.05, 3.63) is 47.0 Å². The van der Waals surface area contributed by atoms with Crippen LogP contribution in [0.1, 0.15) is 28.4 Å². The number of rotatable bonds is 9. The number of fused-ring (bicyclic) bond motifs is 1. The number of benzene rings is 2. The number of thioether (sulfide) groups is 1. The number of nitrogens with one attached hydrogen (secondary N) is 1. The van der Waals surface area contributed by atoms with Crippen LogP contribution in [0, 0.1) is 0 Å².